The molecule has 0 amide bonds. The summed E-state index contributed by atoms with van der Waals surface area (Å²) in [6.45, 7) is 0. The first-order chi connectivity index (χ1) is 13.7. The van der Waals surface area contributed by atoms with Crippen molar-refractivity contribution in [2.45, 2.75) is 0 Å². The summed E-state index contributed by atoms with van der Waals surface area (Å²) >= 11 is 5.71. The standard InChI is InChI=1S/C23H15N3OS/c24-15-20-19(14-21(25-22(20)27)16-8-3-1-4-9-16)18-12-7-13-26(23(18)28)17-10-5-2-6-11-17/h1-14H,(H,25,27). The second kappa shape index (κ2) is 7.47. The maximum atomic E-state index is 12.6. The highest BCUT2D eigenvalue weighted by Gasteiger charge is 2.14. The number of nitrogens with one attached hydrogen (secondary N) is 1. The molecule has 134 valence electrons. The molecular weight excluding hydrogens is 366 g/mol. The molecule has 4 rings (SSSR count). The number of H-pyrrole nitrogens is 1. The van der Waals surface area contributed by atoms with E-state index in [2.05, 4.69) is 4.98 Å². The molecule has 2 heterocycles. The summed E-state index contributed by atoms with van der Waals surface area (Å²) in [4.78, 5) is 15.4. The van der Waals surface area contributed by atoms with Crippen LogP contribution in [0.4, 0.5) is 0 Å². The van der Waals surface area contributed by atoms with Crippen molar-refractivity contribution in [3.05, 3.63) is 106 Å². The van der Waals surface area contributed by atoms with Crippen molar-refractivity contribution >= 4 is 12.2 Å². The third-order valence-corrected chi connectivity index (χ3v) is 4.92. The lowest BCUT2D eigenvalue weighted by atomic mass is 10.00. The Kier molecular flexibility index (Phi) is 4.71. The van der Waals surface area contributed by atoms with E-state index in [1.807, 2.05) is 95.7 Å². The Balaban J connectivity index is 1.98. The third kappa shape index (κ3) is 3.18. The Morgan fingerprint density at radius 3 is 2.25 bits per heavy atom. The number of pyridine rings is 2. The average Bonchev–Trinajstić information content (AvgIpc) is 2.74. The minimum Gasteiger partial charge on any atom is -0.321 e. The molecule has 0 saturated carbocycles. The lowest BCUT2D eigenvalue weighted by Gasteiger charge is -2.12. The highest BCUT2D eigenvalue weighted by molar-refractivity contribution is 7.71. The largest absolute Gasteiger partial charge is 0.321 e. The summed E-state index contributed by atoms with van der Waals surface area (Å²) < 4.78 is 2.41. The second-order valence-electron chi connectivity index (χ2n) is 6.21. The zero-order valence-corrected chi connectivity index (χ0v) is 15.6. The Morgan fingerprint density at radius 2 is 1.57 bits per heavy atom. The van der Waals surface area contributed by atoms with Crippen LogP contribution in [0.3, 0.4) is 0 Å². The van der Waals surface area contributed by atoms with Gasteiger partial charge in [0.2, 0.25) is 0 Å². The van der Waals surface area contributed by atoms with E-state index >= 15 is 0 Å². The molecule has 0 spiro atoms. The molecule has 0 aliphatic rings. The smallest absolute Gasteiger partial charge is 0.266 e. The topological polar surface area (TPSA) is 61.6 Å². The van der Waals surface area contributed by atoms with E-state index in [9.17, 15) is 10.1 Å². The highest BCUT2D eigenvalue weighted by atomic mass is 32.1. The van der Waals surface area contributed by atoms with E-state index in [1.165, 1.54) is 0 Å². The fourth-order valence-corrected chi connectivity index (χ4v) is 3.49. The quantitative estimate of drug-likeness (QED) is 0.502. The molecule has 0 saturated heterocycles. The first kappa shape index (κ1) is 17.7. The summed E-state index contributed by atoms with van der Waals surface area (Å²) in [7, 11) is 0. The summed E-state index contributed by atoms with van der Waals surface area (Å²) in [5, 5.41) is 9.59. The van der Waals surface area contributed by atoms with E-state index < -0.39 is 5.56 Å². The van der Waals surface area contributed by atoms with Gasteiger partial charge in [0.05, 0.1) is 0 Å². The molecule has 0 aliphatic heterocycles. The minimum absolute atomic E-state index is 0.0524. The summed E-state index contributed by atoms with van der Waals surface area (Å²) in [5.74, 6) is 0. The Bertz CT molecular complexity index is 1300. The van der Waals surface area contributed by atoms with Crippen molar-refractivity contribution < 1.29 is 0 Å². The van der Waals surface area contributed by atoms with Crippen LogP contribution in [-0.2, 0) is 0 Å². The molecule has 0 radical (unpaired) electrons. The molecule has 28 heavy (non-hydrogen) atoms. The molecule has 4 nitrogen and oxygen atoms in total. The van der Waals surface area contributed by atoms with E-state index in [0.29, 0.717) is 21.5 Å². The molecule has 4 aromatic rings. The van der Waals surface area contributed by atoms with Gasteiger partial charge >= 0.3 is 0 Å². The molecule has 0 unspecified atom stereocenters. The number of para-hydroxylation sites is 1. The predicted molar refractivity (Wildman–Crippen MR) is 113 cm³/mol. The molecule has 0 fully saturated rings. The van der Waals surface area contributed by atoms with E-state index in [1.54, 1.807) is 0 Å². The molecule has 0 bridgehead atoms. The first-order valence-corrected chi connectivity index (χ1v) is 9.10. The van der Waals surface area contributed by atoms with Crippen molar-refractivity contribution in [1.29, 1.82) is 5.26 Å². The molecule has 1 N–H and O–H groups in total. The van der Waals surface area contributed by atoms with Crippen LogP contribution in [-0.4, -0.2) is 9.55 Å². The van der Waals surface area contributed by atoms with Crippen LogP contribution < -0.4 is 5.56 Å². The van der Waals surface area contributed by atoms with Gasteiger partial charge in [-0.15, -0.1) is 0 Å². The van der Waals surface area contributed by atoms with Gasteiger partial charge in [0, 0.05) is 28.7 Å². The highest BCUT2D eigenvalue weighted by Crippen LogP contribution is 2.27. The van der Waals surface area contributed by atoms with E-state index in [0.717, 1.165) is 11.3 Å². The van der Waals surface area contributed by atoms with Crippen molar-refractivity contribution in [3.63, 3.8) is 0 Å². The molecular formula is C23H15N3OS. The van der Waals surface area contributed by atoms with Gasteiger partial charge in [-0.05, 0) is 35.9 Å². The van der Waals surface area contributed by atoms with Crippen LogP contribution in [0, 0.1) is 16.0 Å². The van der Waals surface area contributed by atoms with Gasteiger partial charge in [0.25, 0.3) is 5.56 Å². The van der Waals surface area contributed by atoms with Gasteiger partial charge in [-0.25, -0.2) is 0 Å². The normalized spacial score (nSPS) is 10.4. The SMILES string of the molecule is N#Cc1c(-c2cccn(-c3ccccc3)c2=S)cc(-c2ccccc2)[nH]c1=O. The molecule has 0 aliphatic carbocycles. The number of aromatic nitrogens is 2. The number of benzene rings is 2. The maximum Gasteiger partial charge on any atom is 0.266 e. The van der Waals surface area contributed by atoms with E-state index in [-0.39, 0.29) is 5.56 Å². The zero-order valence-electron chi connectivity index (χ0n) is 14.8. The Hall–Kier alpha value is -3.75. The average molecular weight is 381 g/mol. The van der Waals surface area contributed by atoms with Crippen LogP contribution in [0.15, 0.2) is 89.9 Å². The summed E-state index contributed by atoms with van der Waals surface area (Å²) in [5.41, 5.74) is 3.25. The van der Waals surface area contributed by atoms with Gasteiger partial charge in [-0.2, -0.15) is 5.26 Å². The van der Waals surface area contributed by atoms with Crippen LogP contribution in [0.25, 0.3) is 28.1 Å². The molecule has 5 heteroatoms. The van der Waals surface area contributed by atoms with Gasteiger partial charge in [-0.1, -0.05) is 60.7 Å². The number of nitrogens with zero attached hydrogens (tertiary/aromatic N) is 2. The minimum atomic E-state index is -0.427. The second-order valence-corrected chi connectivity index (χ2v) is 6.60. The monoisotopic (exact) mass is 381 g/mol. The van der Waals surface area contributed by atoms with Gasteiger partial charge < -0.3 is 9.55 Å². The molecule has 2 aromatic carbocycles. The number of aromatic amines is 1. The predicted octanol–water partition coefficient (Wildman–Crippen LogP) is 5.10. The molecule has 2 aromatic heterocycles. The fourth-order valence-electron chi connectivity index (χ4n) is 3.15. The zero-order chi connectivity index (χ0) is 19.5. The van der Waals surface area contributed by atoms with E-state index in [4.69, 9.17) is 12.2 Å². The van der Waals surface area contributed by atoms with Crippen LogP contribution in [0.5, 0.6) is 0 Å². The third-order valence-electron chi connectivity index (χ3n) is 4.50. The number of nitriles is 1. The number of rotatable bonds is 3. The van der Waals surface area contributed by atoms with Gasteiger partial charge in [0.1, 0.15) is 16.3 Å². The lowest BCUT2D eigenvalue weighted by molar-refractivity contribution is 1.03. The lowest BCUT2D eigenvalue weighted by Crippen LogP contribution is -2.13. The summed E-state index contributed by atoms with van der Waals surface area (Å²) in [6, 6.07) is 26.8. The van der Waals surface area contributed by atoms with Crippen LogP contribution >= 0.6 is 12.2 Å². The summed E-state index contributed by atoms with van der Waals surface area (Å²) in [6.07, 6.45) is 1.87. The van der Waals surface area contributed by atoms with Gasteiger partial charge in [-0.3, -0.25) is 4.79 Å². The first-order valence-electron chi connectivity index (χ1n) is 8.69. The van der Waals surface area contributed by atoms with Crippen LogP contribution in [0.2, 0.25) is 0 Å². The number of hydrogen-bond acceptors (Lipinski definition) is 3. The van der Waals surface area contributed by atoms with Crippen molar-refractivity contribution in [1.82, 2.24) is 9.55 Å². The van der Waals surface area contributed by atoms with Crippen molar-refractivity contribution in [3.8, 4) is 34.1 Å². The Morgan fingerprint density at radius 1 is 0.893 bits per heavy atom. The van der Waals surface area contributed by atoms with Crippen molar-refractivity contribution in [2.24, 2.45) is 0 Å². The van der Waals surface area contributed by atoms with Crippen LogP contribution in [0.1, 0.15) is 5.56 Å². The van der Waals surface area contributed by atoms with Gasteiger partial charge in [0.15, 0.2) is 0 Å². The maximum absolute atomic E-state index is 12.6. The Labute approximate surface area is 167 Å². The fraction of sp³-hybridized carbons (Fsp3) is 0. The van der Waals surface area contributed by atoms with Crippen molar-refractivity contribution in [2.75, 3.05) is 0 Å². The number of hydrogen-bond donors (Lipinski definition) is 1. The molecule has 0 atom stereocenters.